The smallest absolute Gasteiger partial charge is 0.285 e. The summed E-state index contributed by atoms with van der Waals surface area (Å²) in [5.74, 6) is 0. The van der Waals surface area contributed by atoms with Gasteiger partial charge in [0.2, 0.25) is 0 Å². The third kappa shape index (κ3) is 4.02. The molecule has 98 valence electrons. The van der Waals surface area contributed by atoms with Crippen LogP contribution in [0.5, 0.6) is 0 Å². The first-order chi connectivity index (χ1) is 8.34. The highest BCUT2D eigenvalue weighted by Crippen LogP contribution is 2.29. The lowest BCUT2D eigenvalue weighted by atomic mass is 10.1. The average molecular weight is 255 g/mol. The van der Waals surface area contributed by atoms with Gasteiger partial charge in [-0.1, -0.05) is 31.2 Å². The van der Waals surface area contributed by atoms with Gasteiger partial charge in [0.05, 0.1) is 12.1 Å². The third-order valence-corrected chi connectivity index (χ3v) is 2.67. The molecule has 0 amide bonds. The number of benzene rings is 1. The molecule has 0 heterocycles. The summed E-state index contributed by atoms with van der Waals surface area (Å²) in [6.07, 6.45) is -3.44. The molecule has 1 rings (SSSR count). The fraction of sp³-hybridized carbons (Fsp3) is 0.357. The zero-order valence-corrected chi connectivity index (χ0v) is 10.5. The molecule has 18 heavy (non-hydrogen) atoms. The molecule has 0 aliphatic carbocycles. The number of nitrogens with zero attached hydrogens (tertiary/aromatic N) is 1. The van der Waals surface area contributed by atoms with Crippen molar-refractivity contribution in [2.75, 3.05) is 6.54 Å². The van der Waals surface area contributed by atoms with Gasteiger partial charge in [0, 0.05) is 5.71 Å². The Balaban J connectivity index is 2.82. The van der Waals surface area contributed by atoms with E-state index in [1.165, 1.54) is 12.1 Å². The van der Waals surface area contributed by atoms with Crippen LogP contribution in [0.1, 0.15) is 31.4 Å². The summed E-state index contributed by atoms with van der Waals surface area (Å²) in [4.78, 5) is 4.29. The van der Waals surface area contributed by atoms with E-state index < -0.39 is 11.7 Å². The maximum atomic E-state index is 12.4. The minimum Gasteiger partial charge on any atom is -0.285 e. The zero-order chi connectivity index (χ0) is 13.8. The second kappa shape index (κ2) is 5.85. The van der Waals surface area contributed by atoms with E-state index in [1.807, 2.05) is 6.92 Å². The molecule has 0 aromatic heterocycles. The van der Waals surface area contributed by atoms with Crippen molar-refractivity contribution in [2.45, 2.75) is 26.4 Å². The van der Waals surface area contributed by atoms with Crippen molar-refractivity contribution >= 4 is 5.71 Å². The molecule has 1 aromatic carbocycles. The van der Waals surface area contributed by atoms with Crippen LogP contribution in [0.3, 0.4) is 0 Å². The lowest BCUT2D eigenvalue weighted by molar-refractivity contribution is -0.137. The largest absolute Gasteiger partial charge is 0.416 e. The molecule has 1 nitrogen and oxygen atoms in total. The van der Waals surface area contributed by atoms with Gasteiger partial charge in [0.25, 0.3) is 0 Å². The van der Waals surface area contributed by atoms with E-state index in [1.54, 1.807) is 6.92 Å². The number of rotatable bonds is 4. The molecule has 0 N–H and O–H groups in total. The number of aliphatic imine (C=N–C) groups is 1. The van der Waals surface area contributed by atoms with Gasteiger partial charge < -0.3 is 0 Å². The van der Waals surface area contributed by atoms with Crippen LogP contribution in [0.25, 0.3) is 0 Å². The second-order valence-electron chi connectivity index (χ2n) is 4.08. The summed E-state index contributed by atoms with van der Waals surface area (Å²) >= 11 is 0. The monoisotopic (exact) mass is 255 g/mol. The minimum atomic E-state index is -4.29. The molecule has 0 fully saturated rings. The van der Waals surface area contributed by atoms with Crippen LogP contribution in [0.4, 0.5) is 13.2 Å². The van der Waals surface area contributed by atoms with Crippen LogP contribution in [0.2, 0.25) is 0 Å². The van der Waals surface area contributed by atoms with Crippen molar-refractivity contribution in [1.82, 2.24) is 0 Å². The molecule has 0 radical (unpaired) electrons. The Morgan fingerprint density at radius 1 is 1.22 bits per heavy atom. The maximum Gasteiger partial charge on any atom is 0.416 e. The Kier molecular flexibility index (Phi) is 4.70. The number of alkyl halides is 3. The topological polar surface area (TPSA) is 12.4 Å². The highest BCUT2D eigenvalue weighted by atomic mass is 19.4. The molecule has 1 aromatic rings. The molecule has 0 bridgehead atoms. The Hall–Kier alpha value is -1.58. The van der Waals surface area contributed by atoms with Crippen LogP contribution < -0.4 is 0 Å². The molecule has 4 heteroatoms. The Bertz CT molecular complexity index is 441. The van der Waals surface area contributed by atoms with E-state index in [-0.39, 0.29) is 0 Å². The molecular weight excluding hydrogens is 239 g/mol. The van der Waals surface area contributed by atoms with Gasteiger partial charge in [0.1, 0.15) is 0 Å². The lowest BCUT2D eigenvalue weighted by Crippen LogP contribution is -2.05. The molecule has 0 atom stereocenters. The van der Waals surface area contributed by atoms with Crippen LogP contribution in [0.15, 0.2) is 41.4 Å². The van der Waals surface area contributed by atoms with Gasteiger partial charge >= 0.3 is 6.18 Å². The summed E-state index contributed by atoms with van der Waals surface area (Å²) in [7, 11) is 0. The van der Waals surface area contributed by atoms with Gasteiger partial charge in [0.15, 0.2) is 0 Å². The Labute approximate surface area is 105 Å². The summed E-state index contributed by atoms with van der Waals surface area (Å²) in [6.45, 7) is 8.12. The molecule has 0 spiro atoms. The molecular formula is C14H16F3N. The van der Waals surface area contributed by atoms with E-state index in [2.05, 4.69) is 11.6 Å². The van der Waals surface area contributed by atoms with E-state index in [4.69, 9.17) is 0 Å². The highest BCUT2D eigenvalue weighted by molar-refractivity contribution is 5.98. The van der Waals surface area contributed by atoms with Crippen LogP contribution in [0, 0.1) is 0 Å². The van der Waals surface area contributed by atoms with E-state index in [9.17, 15) is 13.2 Å². The number of hydrogen-bond donors (Lipinski definition) is 0. The van der Waals surface area contributed by atoms with Crippen molar-refractivity contribution in [2.24, 2.45) is 4.99 Å². The predicted molar refractivity (Wildman–Crippen MR) is 68.0 cm³/mol. The van der Waals surface area contributed by atoms with Crippen LogP contribution >= 0.6 is 0 Å². The third-order valence-electron chi connectivity index (χ3n) is 2.67. The molecule has 0 aliphatic heterocycles. The van der Waals surface area contributed by atoms with Crippen molar-refractivity contribution in [1.29, 1.82) is 0 Å². The van der Waals surface area contributed by atoms with Crippen LogP contribution in [-0.4, -0.2) is 12.3 Å². The van der Waals surface area contributed by atoms with Crippen molar-refractivity contribution < 1.29 is 13.2 Å². The van der Waals surface area contributed by atoms with Crippen molar-refractivity contribution in [3.63, 3.8) is 0 Å². The van der Waals surface area contributed by atoms with Crippen molar-refractivity contribution in [3.8, 4) is 0 Å². The summed E-state index contributed by atoms with van der Waals surface area (Å²) in [6, 6.07) is 5.03. The first-order valence-corrected chi connectivity index (χ1v) is 5.70. The fourth-order valence-electron chi connectivity index (χ4n) is 1.33. The summed E-state index contributed by atoms with van der Waals surface area (Å²) < 4.78 is 37.1. The zero-order valence-electron chi connectivity index (χ0n) is 10.5. The Morgan fingerprint density at radius 2 is 1.78 bits per heavy atom. The van der Waals surface area contributed by atoms with Crippen LogP contribution in [-0.2, 0) is 6.18 Å². The number of hydrogen-bond acceptors (Lipinski definition) is 1. The summed E-state index contributed by atoms with van der Waals surface area (Å²) in [5.41, 5.74) is 1.78. The maximum absolute atomic E-state index is 12.4. The standard InChI is InChI=1S/C14H16F3N/c1-4-10(2)9-18-11(3)12-5-7-13(8-6-12)14(15,16)17/h5-8H,2,4,9H2,1,3H3. The fourth-order valence-corrected chi connectivity index (χ4v) is 1.33. The van der Waals surface area contributed by atoms with Gasteiger partial charge in [-0.3, -0.25) is 4.99 Å². The van der Waals surface area contributed by atoms with Crippen molar-refractivity contribution in [3.05, 3.63) is 47.5 Å². The highest BCUT2D eigenvalue weighted by Gasteiger charge is 2.29. The molecule has 0 unspecified atom stereocenters. The normalized spacial score (nSPS) is 12.6. The van der Waals surface area contributed by atoms with Gasteiger partial charge in [-0.2, -0.15) is 13.2 Å². The van der Waals surface area contributed by atoms with Gasteiger partial charge in [-0.05, 0) is 31.0 Å². The molecule has 0 aliphatic rings. The first-order valence-electron chi connectivity index (χ1n) is 5.70. The first kappa shape index (κ1) is 14.5. The molecule has 0 saturated heterocycles. The second-order valence-corrected chi connectivity index (χ2v) is 4.08. The summed E-state index contributed by atoms with van der Waals surface area (Å²) in [5, 5.41) is 0. The van der Waals surface area contributed by atoms with E-state index in [0.29, 0.717) is 12.1 Å². The van der Waals surface area contributed by atoms with Gasteiger partial charge in [-0.15, -0.1) is 0 Å². The predicted octanol–water partition coefficient (Wildman–Crippen LogP) is 4.48. The van der Waals surface area contributed by atoms with E-state index >= 15 is 0 Å². The van der Waals surface area contributed by atoms with E-state index in [0.717, 1.165) is 29.8 Å². The molecule has 0 saturated carbocycles. The SMILES string of the molecule is C=C(CC)CN=C(C)c1ccc(C(F)(F)F)cc1. The minimum absolute atomic E-state index is 0.517. The number of halogens is 3. The Morgan fingerprint density at radius 3 is 2.22 bits per heavy atom. The average Bonchev–Trinajstić information content (AvgIpc) is 2.34. The quantitative estimate of drug-likeness (QED) is 0.555. The van der Waals surface area contributed by atoms with Gasteiger partial charge in [-0.25, -0.2) is 0 Å². The lowest BCUT2D eigenvalue weighted by Gasteiger charge is -2.07.